The molecule has 0 spiro atoms. The molecule has 0 amide bonds. The third kappa shape index (κ3) is 6.76. The molecule has 4 aromatic rings. The van der Waals surface area contributed by atoms with E-state index in [1.807, 2.05) is 12.1 Å². The number of non-ortho nitro benzene ring substituents is 1. The zero-order valence-electron chi connectivity index (χ0n) is 25.4. The van der Waals surface area contributed by atoms with Gasteiger partial charge in [-0.3, -0.25) is 19.5 Å². The Morgan fingerprint density at radius 1 is 1.09 bits per heavy atom. The van der Waals surface area contributed by atoms with Gasteiger partial charge in [0.25, 0.3) is 11.2 Å². The number of fused-ring (bicyclic) bond motifs is 1. The monoisotopic (exact) mass is 641 g/mol. The fourth-order valence-corrected chi connectivity index (χ4v) is 5.97. The fraction of sp³-hybridized carbons (Fsp3) is 0.206. The van der Waals surface area contributed by atoms with Gasteiger partial charge in [-0.1, -0.05) is 42.2 Å². The van der Waals surface area contributed by atoms with Gasteiger partial charge in [-0.15, -0.1) is 0 Å². The van der Waals surface area contributed by atoms with Crippen LogP contribution >= 0.6 is 11.3 Å². The van der Waals surface area contributed by atoms with E-state index in [1.54, 1.807) is 68.5 Å². The van der Waals surface area contributed by atoms with E-state index in [2.05, 4.69) is 11.6 Å². The quantitative estimate of drug-likeness (QED) is 0.0928. The van der Waals surface area contributed by atoms with Crippen molar-refractivity contribution < 1.29 is 28.7 Å². The minimum Gasteiger partial charge on any atom is -0.493 e. The number of benzene rings is 3. The average molecular weight is 642 g/mol. The van der Waals surface area contributed by atoms with E-state index in [0.717, 1.165) is 5.56 Å². The average Bonchev–Trinajstić information content (AvgIpc) is 3.36. The van der Waals surface area contributed by atoms with Gasteiger partial charge in [0.2, 0.25) is 0 Å². The second kappa shape index (κ2) is 14.1. The number of rotatable bonds is 12. The van der Waals surface area contributed by atoms with Gasteiger partial charge in [-0.05, 0) is 73.0 Å². The number of nitrogens with zero attached hydrogens (tertiary/aromatic N) is 3. The summed E-state index contributed by atoms with van der Waals surface area (Å²) in [5.74, 6) is 1.00. The lowest BCUT2D eigenvalue weighted by molar-refractivity contribution is -0.384. The topological polar surface area (TPSA) is 131 Å². The van der Waals surface area contributed by atoms with Crippen molar-refractivity contribution in [1.82, 2.24) is 4.57 Å². The molecule has 3 aromatic carbocycles. The summed E-state index contributed by atoms with van der Waals surface area (Å²) in [6, 6.07) is 17.8. The maximum absolute atomic E-state index is 14.0. The van der Waals surface area contributed by atoms with Crippen molar-refractivity contribution >= 4 is 29.1 Å². The highest BCUT2D eigenvalue weighted by molar-refractivity contribution is 7.07. The Morgan fingerprint density at radius 3 is 2.48 bits per heavy atom. The highest BCUT2D eigenvalue weighted by Gasteiger charge is 2.33. The summed E-state index contributed by atoms with van der Waals surface area (Å²) in [6.07, 6.45) is 3.38. The standard InChI is InChI=1S/C34H31N3O8S/c1-5-17-44-26-14-10-24(11-15-26)31-30(33(39)43-6-2)21(3)35-34-36(31)32(38)29(46-34)19-23-9-16-27(28(18-23)42-4)45-20-22-7-12-25(13-8-22)37(40)41/h5,7-16,18-19,31H,1,6,17,20H2,2-4H3/b29-19-/t31-/m1/s1. The van der Waals surface area contributed by atoms with Gasteiger partial charge in [-0.2, -0.15) is 0 Å². The SMILES string of the molecule is C=CCOc1ccc([C@@H]2C(C(=O)OCC)=C(C)N=c3s/c(=C\c4ccc(OCc5ccc([N+](=O)[O-])cc5)c(OC)c4)c(=O)n32)cc1. The van der Waals surface area contributed by atoms with Crippen LogP contribution in [0.3, 0.4) is 0 Å². The number of carbonyl (C=O) groups excluding carboxylic acids is 1. The molecule has 0 saturated heterocycles. The summed E-state index contributed by atoms with van der Waals surface area (Å²) in [5, 5.41) is 10.9. The molecule has 2 heterocycles. The second-order valence-electron chi connectivity index (χ2n) is 10.1. The molecule has 0 N–H and O–H groups in total. The predicted octanol–water partition coefficient (Wildman–Crippen LogP) is 4.86. The number of methoxy groups -OCH3 is 1. The highest BCUT2D eigenvalue weighted by atomic mass is 32.1. The number of nitro benzene ring substituents is 1. The van der Waals surface area contributed by atoms with E-state index in [9.17, 15) is 19.7 Å². The number of hydrogen-bond donors (Lipinski definition) is 0. The van der Waals surface area contributed by atoms with Crippen molar-refractivity contribution in [3.63, 3.8) is 0 Å². The number of ether oxygens (including phenoxy) is 4. The molecule has 0 radical (unpaired) electrons. The van der Waals surface area contributed by atoms with Gasteiger partial charge in [0.1, 0.15) is 19.0 Å². The molecule has 11 nitrogen and oxygen atoms in total. The molecule has 236 valence electrons. The van der Waals surface area contributed by atoms with Gasteiger partial charge in [0.15, 0.2) is 16.3 Å². The molecule has 0 saturated carbocycles. The maximum Gasteiger partial charge on any atom is 0.338 e. The van der Waals surface area contributed by atoms with Crippen molar-refractivity contribution in [1.29, 1.82) is 0 Å². The number of aromatic nitrogens is 1. The van der Waals surface area contributed by atoms with Crippen LogP contribution in [0.4, 0.5) is 5.69 Å². The smallest absolute Gasteiger partial charge is 0.338 e. The van der Waals surface area contributed by atoms with Gasteiger partial charge in [0, 0.05) is 12.1 Å². The van der Waals surface area contributed by atoms with Crippen LogP contribution in [-0.2, 0) is 16.1 Å². The summed E-state index contributed by atoms with van der Waals surface area (Å²) < 4.78 is 24.4. The number of carbonyl (C=O) groups is 1. The summed E-state index contributed by atoms with van der Waals surface area (Å²) >= 11 is 1.21. The number of nitro groups is 1. The van der Waals surface area contributed by atoms with Crippen LogP contribution in [0.15, 0.2) is 100 Å². The Bertz CT molecular complexity index is 1990. The molecular formula is C34H31N3O8S. The maximum atomic E-state index is 14.0. The first-order valence-electron chi connectivity index (χ1n) is 14.3. The van der Waals surface area contributed by atoms with E-state index < -0.39 is 16.9 Å². The summed E-state index contributed by atoms with van der Waals surface area (Å²) in [7, 11) is 1.51. The summed E-state index contributed by atoms with van der Waals surface area (Å²) in [4.78, 5) is 42.7. The molecule has 1 aliphatic heterocycles. The van der Waals surface area contributed by atoms with Crippen molar-refractivity contribution in [2.75, 3.05) is 20.3 Å². The lowest BCUT2D eigenvalue weighted by Gasteiger charge is -2.24. The number of esters is 1. The molecule has 1 aromatic heterocycles. The van der Waals surface area contributed by atoms with E-state index in [1.165, 1.54) is 35.1 Å². The molecular weight excluding hydrogens is 610 g/mol. The molecule has 0 aliphatic carbocycles. The number of allylic oxidation sites excluding steroid dienone is 1. The molecule has 1 atom stereocenters. The Kier molecular flexibility index (Phi) is 9.77. The zero-order valence-corrected chi connectivity index (χ0v) is 26.2. The first-order valence-corrected chi connectivity index (χ1v) is 15.1. The van der Waals surface area contributed by atoms with Gasteiger partial charge in [-0.25, -0.2) is 9.79 Å². The minimum absolute atomic E-state index is 0.00122. The van der Waals surface area contributed by atoms with Crippen LogP contribution < -0.4 is 29.1 Å². The first kappa shape index (κ1) is 31.9. The predicted molar refractivity (Wildman–Crippen MR) is 173 cm³/mol. The van der Waals surface area contributed by atoms with Crippen LogP contribution in [0.25, 0.3) is 6.08 Å². The Morgan fingerprint density at radius 2 is 1.83 bits per heavy atom. The third-order valence-electron chi connectivity index (χ3n) is 7.11. The molecule has 5 rings (SSSR count). The fourth-order valence-electron chi connectivity index (χ4n) is 4.93. The molecule has 46 heavy (non-hydrogen) atoms. The van der Waals surface area contributed by atoms with E-state index >= 15 is 0 Å². The van der Waals surface area contributed by atoms with Crippen LogP contribution in [0.1, 0.15) is 36.6 Å². The molecule has 0 fully saturated rings. The Balaban J connectivity index is 1.49. The van der Waals surface area contributed by atoms with E-state index in [0.29, 0.717) is 50.0 Å². The largest absolute Gasteiger partial charge is 0.493 e. The zero-order chi connectivity index (χ0) is 32.8. The lowest BCUT2D eigenvalue weighted by atomic mass is 9.96. The lowest BCUT2D eigenvalue weighted by Crippen LogP contribution is -2.39. The number of thiazole rings is 1. The van der Waals surface area contributed by atoms with Gasteiger partial charge >= 0.3 is 5.97 Å². The van der Waals surface area contributed by atoms with Gasteiger partial charge < -0.3 is 18.9 Å². The normalized spacial score (nSPS) is 14.2. The van der Waals surface area contributed by atoms with Crippen molar-refractivity contribution in [3.8, 4) is 17.2 Å². The van der Waals surface area contributed by atoms with Crippen molar-refractivity contribution in [2.24, 2.45) is 4.99 Å². The van der Waals surface area contributed by atoms with Crippen LogP contribution in [0.2, 0.25) is 0 Å². The van der Waals surface area contributed by atoms with Crippen LogP contribution in [0, 0.1) is 10.1 Å². The second-order valence-corrected chi connectivity index (χ2v) is 11.1. The molecule has 0 bridgehead atoms. The molecule has 0 unspecified atom stereocenters. The summed E-state index contributed by atoms with van der Waals surface area (Å²) in [6.45, 7) is 7.83. The third-order valence-corrected chi connectivity index (χ3v) is 8.09. The number of hydrogen-bond acceptors (Lipinski definition) is 10. The Labute approximate surface area is 268 Å². The molecule has 1 aliphatic rings. The van der Waals surface area contributed by atoms with Crippen LogP contribution in [0.5, 0.6) is 17.2 Å². The highest BCUT2D eigenvalue weighted by Crippen LogP contribution is 2.32. The first-order chi connectivity index (χ1) is 22.2. The van der Waals surface area contributed by atoms with E-state index in [-0.39, 0.29) is 30.0 Å². The Hall–Kier alpha value is -5.49. The van der Waals surface area contributed by atoms with Crippen LogP contribution in [-0.4, -0.2) is 35.8 Å². The summed E-state index contributed by atoms with van der Waals surface area (Å²) in [5.41, 5.74) is 2.59. The van der Waals surface area contributed by atoms with Gasteiger partial charge in [0.05, 0.1) is 40.5 Å². The van der Waals surface area contributed by atoms with E-state index in [4.69, 9.17) is 18.9 Å². The minimum atomic E-state index is -0.754. The molecule has 12 heteroatoms. The van der Waals surface area contributed by atoms with Crippen molar-refractivity contribution in [2.45, 2.75) is 26.5 Å². The van der Waals surface area contributed by atoms with Crippen molar-refractivity contribution in [3.05, 3.63) is 137 Å².